The van der Waals surface area contributed by atoms with E-state index in [2.05, 4.69) is 0 Å². The van der Waals surface area contributed by atoms with Crippen molar-refractivity contribution >= 4 is 17.4 Å². The number of hydrogen-bond acceptors (Lipinski definition) is 3. The molecule has 18 heavy (non-hydrogen) atoms. The van der Waals surface area contributed by atoms with E-state index < -0.39 is 0 Å². The van der Waals surface area contributed by atoms with Crippen molar-refractivity contribution < 1.29 is 14.3 Å². The summed E-state index contributed by atoms with van der Waals surface area (Å²) in [5.74, 6) is 1.42. The Bertz CT molecular complexity index is 455. The number of ketones is 1. The monoisotopic (exact) mass is 268 g/mol. The zero-order valence-corrected chi connectivity index (χ0v) is 11.4. The molecule has 0 fully saturated rings. The van der Waals surface area contributed by atoms with Gasteiger partial charge in [0.15, 0.2) is 11.5 Å². The second-order valence-electron chi connectivity index (χ2n) is 4.71. The number of carbonyl (C=O) groups excluding carboxylic acids is 1. The van der Waals surface area contributed by atoms with Crippen LogP contribution in [0.25, 0.3) is 0 Å². The Labute approximate surface area is 112 Å². The molecule has 0 saturated heterocycles. The second-order valence-corrected chi connectivity index (χ2v) is 5.09. The van der Waals surface area contributed by atoms with Gasteiger partial charge in [-0.2, -0.15) is 0 Å². The molecule has 1 aromatic rings. The molecular formula is C14H17ClO3. The predicted molar refractivity (Wildman–Crippen MR) is 70.6 cm³/mol. The first kappa shape index (κ1) is 13.2. The van der Waals surface area contributed by atoms with Gasteiger partial charge in [0.25, 0.3) is 0 Å². The smallest absolute Gasteiger partial charge is 0.180 e. The number of rotatable bonds is 3. The van der Waals surface area contributed by atoms with Crippen molar-refractivity contribution in [2.45, 2.75) is 26.7 Å². The van der Waals surface area contributed by atoms with Crippen LogP contribution in [-0.2, 0) is 11.2 Å². The van der Waals surface area contributed by atoms with Crippen molar-refractivity contribution in [1.82, 2.24) is 0 Å². The Balaban J connectivity index is 2.28. The first-order valence-electron chi connectivity index (χ1n) is 6.19. The minimum Gasteiger partial charge on any atom is -0.490 e. The summed E-state index contributed by atoms with van der Waals surface area (Å²) in [4.78, 5) is 11.8. The van der Waals surface area contributed by atoms with Crippen LogP contribution in [0.5, 0.6) is 11.5 Å². The maximum atomic E-state index is 11.8. The normalized spacial score (nSPS) is 14.4. The highest BCUT2D eigenvalue weighted by molar-refractivity contribution is 6.33. The molecule has 0 spiro atoms. The van der Waals surface area contributed by atoms with Gasteiger partial charge in [-0.1, -0.05) is 31.5 Å². The van der Waals surface area contributed by atoms with Crippen molar-refractivity contribution in [3.8, 4) is 11.5 Å². The Hall–Kier alpha value is -1.22. The molecule has 2 rings (SSSR count). The number of halogens is 1. The summed E-state index contributed by atoms with van der Waals surface area (Å²) in [5.41, 5.74) is 0.805. The SMILES string of the molecule is CC(C)C(=O)Cc1ccc2c(c1Cl)OCCCO2. The van der Waals surface area contributed by atoms with Gasteiger partial charge in [-0.3, -0.25) is 4.79 Å². The highest BCUT2D eigenvalue weighted by Crippen LogP contribution is 2.39. The summed E-state index contributed by atoms with van der Waals surface area (Å²) < 4.78 is 11.1. The minimum atomic E-state index is 0.0112. The molecule has 0 aliphatic carbocycles. The Morgan fingerprint density at radius 1 is 1.33 bits per heavy atom. The molecule has 1 heterocycles. The van der Waals surface area contributed by atoms with Gasteiger partial charge in [0.1, 0.15) is 5.78 Å². The van der Waals surface area contributed by atoms with Gasteiger partial charge in [0.05, 0.1) is 18.2 Å². The van der Waals surface area contributed by atoms with Crippen molar-refractivity contribution in [2.24, 2.45) is 5.92 Å². The summed E-state index contributed by atoms with van der Waals surface area (Å²) in [6.45, 7) is 5.00. The number of ether oxygens (including phenoxy) is 2. The minimum absolute atomic E-state index is 0.0112. The third-order valence-electron chi connectivity index (χ3n) is 2.94. The molecule has 0 saturated carbocycles. The molecule has 3 nitrogen and oxygen atoms in total. The Morgan fingerprint density at radius 3 is 2.78 bits per heavy atom. The van der Waals surface area contributed by atoms with E-state index in [4.69, 9.17) is 21.1 Å². The fraction of sp³-hybridized carbons (Fsp3) is 0.500. The van der Waals surface area contributed by atoms with E-state index in [0.717, 1.165) is 12.0 Å². The van der Waals surface area contributed by atoms with E-state index in [-0.39, 0.29) is 11.7 Å². The molecule has 98 valence electrons. The standard InChI is InChI=1S/C14H17ClO3/c1-9(2)11(16)8-10-4-5-12-14(13(10)15)18-7-3-6-17-12/h4-5,9H,3,6-8H2,1-2H3. The van der Waals surface area contributed by atoms with Crippen LogP contribution in [0, 0.1) is 5.92 Å². The summed E-state index contributed by atoms with van der Waals surface area (Å²) in [7, 11) is 0. The largest absolute Gasteiger partial charge is 0.490 e. The Morgan fingerprint density at radius 2 is 2.06 bits per heavy atom. The third-order valence-corrected chi connectivity index (χ3v) is 3.36. The molecule has 4 heteroatoms. The van der Waals surface area contributed by atoms with E-state index >= 15 is 0 Å². The number of fused-ring (bicyclic) bond motifs is 1. The van der Waals surface area contributed by atoms with Gasteiger partial charge in [-0.05, 0) is 11.6 Å². The van der Waals surface area contributed by atoms with Crippen molar-refractivity contribution in [1.29, 1.82) is 0 Å². The van der Waals surface area contributed by atoms with E-state index in [1.165, 1.54) is 0 Å². The van der Waals surface area contributed by atoms with Crippen molar-refractivity contribution in [3.05, 3.63) is 22.7 Å². The molecule has 1 aliphatic rings. The lowest BCUT2D eigenvalue weighted by Gasteiger charge is -2.13. The fourth-order valence-electron chi connectivity index (χ4n) is 1.77. The number of benzene rings is 1. The van der Waals surface area contributed by atoms with Crippen LogP contribution in [0.1, 0.15) is 25.8 Å². The lowest BCUT2D eigenvalue weighted by atomic mass is 10.0. The van der Waals surface area contributed by atoms with Gasteiger partial charge in [-0.25, -0.2) is 0 Å². The van der Waals surface area contributed by atoms with Crippen LogP contribution >= 0.6 is 11.6 Å². The number of Topliss-reactive ketones (excluding diaryl/α,β-unsaturated/α-hetero) is 1. The molecule has 0 radical (unpaired) electrons. The molecule has 1 aromatic carbocycles. The zero-order valence-electron chi connectivity index (χ0n) is 10.7. The van der Waals surface area contributed by atoms with Crippen LogP contribution in [0.4, 0.5) is 0 Å². The predicted octanol–water partition coefficient (Wildman–Crippen LogP) is 3.27. The average molecular weight is 269 g/mol. The first-order chi connectivity index (χ1) is 8.59. The summed E-state index contributed by atoms with van der Waals surface area (Å²) in [5, 5.41) is 0.503. The lowest BCUT2D eigenvalue weighted by Crippen LogP contribution is -2.10. The van der Waals surface area contributed by atoms with Gasteiger partial charge in [-0.15, -0.1) is 0 Å². The van der Waals surface area contributed by atoms with Crippen LogP contribution < -0.4 is 9.47 Å². The molecule has 0 amide bonds. The molecule has 1 aliphatic heterocycles. The quantitative estimate of drug-likeness (QED) is 0.844. The van der Waals surface area contributed by atoms with Crippen LogP contribution in [0.15, 0.2) is 12.1 Å². The maximum Gasteiger partial charge on any atom is 0.180 e. The molecule has 0 aromatic heterocycles. The number of hydrogen-bond donors (Lipinski definition) is 0. The highest BCUT2D eigenvalue weighted by atomic mass is 35.5. The first-order valence-corrected chi connectivity index (χ1v) is 6.57. The molecular weight excluding hydrogens is 252 g/mol. The summed E-state index contributed by atoms with van der Waals surface area (Å²) in [6, 6.07) is 3.67. The van der Waals surface area contributed by atoms with E-state index in [9.17, 15) is 4.79 Å². The van der Waals surface area contributed by atoms with Gasteiger partial charge < -0.3 is 9.47 Å². The van der Waals surface area contributed by atoms with Crippen molar-refractivity contribution in [2.75, 3.05) is 13.2 Å². The second kappa shape index (κ2) is 5.61. The lowest BCUT2D eigenvalue weighted by molar-refractivity contribution is -0.121. The molecule has 0 unspecified atom stereocenters. The van der Waals surface area contributed by atoms with E-state index in [1.807, 2.05) is 26.0 Å². The maximum absolute atomic E-state index is 11.8. The average Bonchev–Trinajstić information content (AvgIpc) is 2.58. The van der Waals surface area contributed by atoms with Gasteiger partial charge in [0, 0.05) is 18.8 Å². The van der Waals surface area contributed by atoms with Crippen LogP contribution in [0.2, 0.25) is 5.02 Å². The molecule has 0 N–H and O–H groups in total. The Kier molecular flexibility index (Phi) is 4.12. The molecule has 0 atom stereocenters. The topological polar surface area (TPSA) is 35.5 Å². The zero-order chi connectivity index (χ0) is 13.1. The van der Waals surface area contributed by atoms with E-state index in [0.29, 0.717) is 36.2 Å². The molecule has 0 bridgehead atoms. The summed E-state index contributed by atoms with van der Waals surface area (Å²) >= 11 is 6.29. The van der Waals surface area contributed by atoms with Crippen molar-refractivity contribution in [3.63, 3.8) is 0 Å². The third kappa shape index (κ3) is 2.78. The van der Waals surface area contributed by atoms with Crippen LogP contribution in [-0.4, -0.2) is 19.0 Å². The summed E-state index contributed by atoms with van der Waals surface area (Å²) in [6.07, 6.45) is 1.18. The number of carbonyl (C=O) groups is 1. The van der Waals surface area contributed by atoms with E-state index in [1.54, 1.807) is 0 Å². The van der Waals surface area contributed by atoms with Crippen LogP contribution in [0.3, 0.4) is 0 Å². The highest BCUT2D eigenvalue weighted by Gasteiger charge is 2.19. The fourth-order valence-corrected chi connectivity index (χ4v) is 2.05. The van der Waals surface area contributed by atoms with Gasteiger partial charge in [0.2, 0.25) is 0 Å². The van der Waals surface area contributed by atoms with Gasteiger partial charge >= 0.3 is 0 Å².